The molecule has 0 saturated carbocycles. The molecule has 0 unspecified atom stereocenters. The normalized spacial score (nSPS) is 18.4. The zero-order chi connectivity index (χ0) is 19.2. The Labute approximate surface area is 157 Å². The Kier molecular flexibility index (Phi) is 4.39. The number of hydrogen-bond acceptors (Lipinski definition) is 7. The van der Waals surface area contributed by atoms with Gasteiger partial charge >= 0.3 is 0 Å². The second-order valence-corrected chi connectivity index (χ2v) is 8.47. The predicted molar refractivity (Wildman–Crippen MR) is 95.5 cm³/mol. The third-order valence-corrected chi connectivity index (χ3v) is 7.02. The molecule has 1 atom stereocenters. The maximum absolute atomic E-state index is 13.2. The molecule has 0 radical (unpaired) electrons. The number of hydrogen-bond donors (Lipinski definition) is 0. The number of furan rings is 1. The molecule has 1 saturated heterocycles. The van der Waals surface area contributed by atoms with Crippen LogP contribution in [0, 0.1) is 13.8 Å². The first-order valence-corrected chi connectivity index (χ1v) is 10.3. The monoisotopic (exact) mass is 391 g/mol. The molecule has 4 rings (SSSR count). The highest BCUT2D eigenvalue weighted by Crippen LogP contribution is 2.32. The summed E-state index contributed by atoms with van der Waals surface area (Å²) in [7, 11) is -3.62. The lowest BCUT2D eigenvalue weighted by Gasteiger charge is -2.16. The van der Waals surface area contributed by atoms with Crippen LogP contribution in [0.25, 0.3) is 11.7 Å². The van der Waals surface area contributed by atoms with Gasteiger partial charge in [-0.1, -0.05) is 5.16 Å². The Morgan fingerprint density at radius 2 is 2.15 bits per heavy atom. The fourth-order valence-corrected chi connectivity index (χ4v) is 5.42. The Morgan fingerprint density at radius 1 is 1.33 bits per heavy atom. The van der Waals surface area contributed by atoms with E-state index in [0.29, 0.717) is 59.8 Å². The van der Waals surface area contributed by atoms with E-state index in [4.69, 9.17) is 8.94 Å². The summed E-state index contributed by atoms with van der Waals surface area (Å²) in [5.41, 5.74) is 1.19. The van der Waals surface area contributed by atoms with Crippen molar-refractivity contribution in [2.24, 2.45) is 0 Å². The summed E-state index contributed by atoms with van der Waals surface area (Å²) < 4.78 is 40.0. The van der Waals surface area contributed by atoms with Crippen LogP contribution in [-0.2, 0) is 16.6 Å². The molecule has 1 aliphatic heterocycles. The van der Waals surface area contributed by atoms with E-state index in [1.165, 1.54) is 10.6 Å². The van der Waals surface area contributed by atoms with Crippen molar-refractivity contribution >= 4 is 10.0 Å². The lowest BCUT2D eigenvalue weighted by atomic mass is 10.1. The average Bonchev–Trinajstić information content (AvgIpc) is 3.41. The summed E-state index contributed by atoms with van der Waals surface area (Å²) in [6.07, 6.45) is 2.17. The van der Waals surface area contributed by atoms with Crippen molar-refractivity contribution in [2.45, 2.75) is 44.6 Å². The Hall–Kier alpha value is -2.46. The van der Waals surface area contributed by atoms with E-state index >= 15 is 0 Å². The van der Waals surface area contributed by atoms with Gasteiger partial charge in [-0.3, -0.25) is 4.68 Å². The molecule has 9 nitrogen and oxygen atoms in total. The van der Waals surface area contributed by atoms with Gasteiger partial charge in [-0.15, -0.1) is 0 Å². The smallest absolute Gasteiger partial charge is 0.293 e. The molecule has 27 heavy (non-hydrogen) atoms. The van der Waals surface area contributed by atoms with E-state index < -0.39 is 10.0 Å². The van der Waals surface area contributed by atoms with Crippen LogP contribution in [0.4, 0.5) is 0 Å². The quantitative estimate of drug-likeness (QED) is 0.657. The summed E-state index contributed by atoms with van der Waals surface area (Å²) in [4.78, 5) is 4.67. The van der Waals surface area contributed by atoms with Crippen LogP contribution in [0.2, 0.25) is 0 Å². The van der Waals surface area contributed by atoms with Gasteiger partial charge in [0.25, 0.3) is 5.89 Å². The molecule has 0 N–H and O–H groups in total. The van der Waals surface area contributed by atoms with Crippen molar-refractivity contribution in [3.8, 4) is 11.7 Å². The largest absolute Gasteiger partial charge is 0.459 e. The first-order chi connectivity index (χ1) is 12.9. The highest BCUT2D eigenvalue weighted by atomic mass is 32.2. The van der Waals surface area contributed by atoms with Gasteiger partial charge in [0.1, 0.15) is 4.90 Å². The standard InChI is InChI=1S/C17H21N5O4S/c1-4-22-12(3)15(11(2)19-22)27(23,24)21-8-7-13(10-21)16-18-17(26-20-16)14-6-5-9-25-14/h5-6,9,13H,4,7-8,10H2,1-3H3/t13-/m1/s1. The highest BCUT2D eigenvalue weighted by Gasteiger charge is 2.38. The van der Waals surface area contributed by atoms with Gasteiger partial charge in [0.05, 0.1) is 17.7 Å². The van der Waals surface area contributed by atoms with Crippen molar-refractivity contribution in [2.75, 3.05) is 13.1 Å². The molecule has 0 bridgehead atoms. The van der Waals surface area contributed by atoms with Crippen molar-refractivity contribution in [1.29, 1.82) is 0 Å². The Balaban J connectivity index is 1.57. The summed E-state index contributed by atoms with van der Waals surface area (Å²) in [6.45, 7) is 6.81. The molecule has 3 aromatic rings. The molecule has 1 fully saturated rings. The molecule has 144 valence electrons. The number of aryl methyl sites for hydroxylation is 2. The van der Waals surface area contributed by atoms with Crippen LogP contribution in [0.5, 0.6) is 0 Å². The van der Waals surface area contributed by atoms with Crippen LogP contribution < -0.4 is 0 Å². The van der Waals surface area contributed by atoms with Crippen molar-refractivity contribution in [1.82, 2.24) is 24.2 Å². The minimum Gasteiger partial charge on any atom is -0.459 e. The molecule has 1 aliphatic rings. The van der Waals surface area contributed by atoms with Gasteiger partial charge in [0.15, 0.2) is 11.6 Å². The lowest BCUT2D eigenvalue weighted by molar-refractivity contribution is 0.403. The van der Waals surface area contributed by atoms with Crippen molar-refractivity contribution in [3.05, 3.63) is 35.6 Å². The molecule has 0 aromatic carbocycles. The predicted octanol–water partition coefficient (Wildman–Crippen LogP) is 2.34. The van der Waals surface area contributed by atoms with Crippen LogP contribution >= 0.6 is 0 Å². The van der Waals surface area contributed by atoms with Gasteiger partial charge < -0.3 is 8.94 Å². The van der Waals surface area contributed by atoms with Crippen LogP contribution in [0.3, 0.4) is 0 Å². The van der Waals surface area contributed by atoms with E-state index in [1.807, 2.05) is 6.92 Å². The number of nitrogens with zero attached hydrogens (tertiary/aromatic N) is 5. The van der Waals surface area contributed by atoms with Gasteiger partial charge in [-0.25, -0.2) is 8.42 Å². The van der Waals surface area contributed by atoms with E-state index in [2.05, 4.69) is 15.2 Å². The highest BCUT2D eigenvalue weighted by molar-refractivity contribution is 7.89. The van der Waals surface area contributed by atoms with Gasteiger partial charge in [-0.2, -0.15) is 14.4 Å². The molecule has 0 aliphatic carbocycles. The van der Waals surface area contributed by atoms with Crippen molar-refractivity contribution < 1.29 is 17.4 Å². The Morgan fingerprint density at radius 3 is 2.81 bits per heavy atom. The zero-order valence-electron chi connectivity index (χ0n) is 15.4. The van der Waals surface area contributed by atoms with E-state index in [-0.39, 0.29) is 5.92 Å². The first kappa shape index (κ1) is 17.9. The molecule has 10 heteroatoms. The van der Waals surface area contributed by atoms with E-state index in [1.54, 1.807) is 30.7 Å². The average molecular weight is 391 g/mol. The van der Waals surface area contributed by atoms with E-state index in [0.717, 1.165) is 0 Å². The summed E-state index contributed by atoms with van der Waals surface area (Å²) in [6, 6.07) is 3.48. The lowest BCUT2D eigenvalue weighted by Crippen LogP contribution is -2.29. The third kappa shape index (κ3) is 2.98. The fraction of sp³-hybridized carbons (Fsp3) is 0.471. The van der Waals surface area contributed by atoms with Crippen LogP contribution in [0.15, 0.2) is 32.2 Å². The summed E-state index contributed by atoms with van der Waals surface area (Å²) in [5.74, 6) is 1.17. The first-order valence-electron chi connectivity index (χ1n) is 8.83. The minimum absolute atomic E-state index is 0.117. The summed E-state index contributed by atoms with van der Waals surface area (Å²) >= 11 is 0. The minimum atomic E-state index is -3.62. The van der Waals surface area contributed by atoms with Gasteiger partial charge in [-0.05, 0) is 39.3 Å². The van der Waals surface area contributed by atoms with Gasteiger partial charge in [0, 0.05) is 25.6 Å². The zero-order valence-corrected chi connectivity index (χ0v) is 16.2. The second kappa shape index (κ2) is 6.61. The molecule has 3 aromatic heterocycles. The number of aromatic nitrogens is 4. The van der Waals surface area contributed by atoms with Crippen LogP contribution in [0.1, 0.15) is 36.5 Å². The topological polar surface area (TPSA) is 107 Å². The molecule has 0 amide bonds. The molecule has 4 heterocycles. The summed E-state index contributed by atoms with van der Waals surface area (Å²) in [5, 5.41) is 8.35. The SMILES string of the molecule is CCn1nc(C)c(S(=O)(=O)N2CC[C@@H](c3noc(-c4ccco4)n3)C2)c1C. The van der Waals surface area contributed by atoms with Crippen LogP contribution in [-0.4, -0.2) is 45.7 Å². The van der Waals surface area contributed by atoms with Gasteiger partial charge in [0.2, 0.25) is 10.0 Å². The maximum Gasteiger partial charge on any atom is 0.293 e. The fourth-order valence-electron chi connectivity index (χ4n) is 3.55. The molecular formula is C17H21N5O4S. The second-order valence-electron chi connectivity index (χ2n) is 6.60. The molecule has 0 spiro atoms. The number of rotatable bonds is 5. The third-order valence-electron chi connectivity index (χ3n) is 4.90. The molecular weight excluding hydrogens is 370 g/mol. The Bertz CT molecular complexity index is 1050. The maximum atomic E-state index is 13.2. The van der Waals surface area contributed by atoms with Crippen molar-refractivity contribution in [3.63, 3.8) is 0 Å². The van der Waals surface area contributed by atoms with E-state index in [9.17, 15) is 8.42 Å². The number of sulfonamides is 1.